The van der Waals surface area contributed by atoms with Crippen molar-refractivity contribution in [1.82, 2.24) is 0 Å². The van der Waals surface area contributed by atoms with Crippen LogP contribution in [0, 0.1) is 0 Å². The molecule has 8 heavy (non-hydrogen) atoms. The van der Waals surface area contributed by atoms with Crippen molar-refractivity contribution in [3.05, 3.63) is 0 Å². The van der Waals surface area contributed by atoms with Gasteiger partial charge in [0.25, 0.3) is 0 Å². The Morgan fingerprint density at radius 1 is 1.38 bits per heavy atom. The fourth-order valence-electron chi connectivity index (χ4n) is 0. The molecule has 0 saturated carbocycles. The molecule has 0 saturated heterocycles. The van der Waals surface area contributed by atoms with Crippen molar-refractivity contribution in [3.63, 3.8) is 0 Å². The molecule has 0 aromatic rings. The first-order valence-corrected chi connectivity index (χ1v) is 7.63. The van der Waals surface area contributed by atoms with Gasteiger partial charge >= 0.3 is 6.00 Å². The number of aliphatic hydroxyl groups excluding tert-OH is 1. The van der Waals surface area contributed by atoms with Crippen LogP contribution in [0.25, 0.3) is 0 Å². The van der Waals surface area contributed by atoms with Gasteiger partial charge in [-0.3, -0.25) is 0 Å². The summed E-state index contributed by atoms with van der Waals surface area (Å²) in [6.45, 7) is 3.55. The highest BCUT2D eigenvalue weighted by molar-refractivity contribution is 7.64. The second-order valence-electron chi connectivity index (χ2n) is 1.10. The minimum atomic E-state index is -2.19. The summed E-state index contributed by atoms with van der Waals surface area (Å²) >= 11 is 15.6. The van der Waals surface area contributed by atoms with Crippen LogP contribution in [0.3, 0.4) is 0 Å². The SMILES string of the molecule is CCO.C[Si](Cl)(Cl)Cl. The number of halogens is 3. The molecule has 0 aliphatic heterocycles. The molecule has 0 aliphatic carbocycles. The van der Waals surface area contributed by atoms with Crippen molar-refractivity contribution >= 4 is 39.2 Å². The second-order valence-corrected chi connectivity index (χ2v) is 11.2. The van der Waals surface area contributed by atoms with Crippen LogP contribution in [0.2, 0.25) is 6.55 Å². The number of aliphatic hydroxyl groups is 1. The van der Waals surface area contributed by atoms with E-state index in [4.69, 9.17) is 38.3 Å². The van der Waals surface area contributed by atoms with Crippen molar-refractivity contribution in [2.75, 3.05) is 6.61 Å². The summed E-state index contributed by atoms with van der Waals surface area (Å²) in [4.78, 5) is 0. The fourth-order valence-corrected chi connectivity index (χ4v) is 0. The second kappa shape index (κ2) is 6.17. The van der Waals surface area contributed by atoms with Gasteiger partial charge in [0.1, 0.15) is 0 Å². The van der Waals surface area contributed by atoms with E-state index < -0.39 is 6.00 Å². The Balaban J connectivity index is 0. The van der Waals surface area contributed by atoms with E-state index in [1.165, 1.54) is 0 Å². The molecule has 1 N–H and O–H groups in total. The summed E-state index contributed by atoms with van der Waals surface area (Å²) in [7, 11) is 0. The molecule has 0 radical (unpaired) electrons. The van der Waals surface area contributed by atoms with Crippen LogP contribution in [-0.4, -0.2) is 17.7 Å². The Kier molecular flexibility index (Phi) is 9.10. The highest BCUT2D eigenvalue weighted by Gasteiger charge is 2.13. The largest absolute Gasteiger partial charge is 0.397 e. The Labute approximate surface area is 64.7 Å². The molecule has 0 atom stereocenters. The molecule has 0 rings (SSSR count). The van der Waals surface area contributed by atoms with E-state index in [9.17, 15) is 0 Å². The lowest BCUT2D eigenvalue weighted by molar-refractivity contribution is 0.318. The lowest BCUT2D eigenvalue weighted by Gasteiger charge is -1.89. The van der Waals surface area contributed by atoms with Crippen LogP contribution in [0.1, 0.15) is 6.92 Å². The Morgan fingerprint density at radius 3 is 1.38 bits per heavy atom. The first-order chi connectivity index (χ1) is 3.41. The Bertz CT molecular complexity index is 38.3. The van der Waals surface area contributed by atoms with E-state index in [1.54, 1.807) is 13.5 Å². The molecule has 0 bridgehead atoms. The van der Waals surface area contributed by atoms with E-state index in [-0.39, 0.29) is 6.61 Å². The van der Waals surface area contributed by atoms with Crippen LogP contribution >= 0.6 is 33.2 Å². The van der Waals surface area contributed by atoms with Gasteiger partial charge in [-0.25, -0.2) is 0 Å². The third-order valence-electron chi connectivity index (χ3n) is 0. The third-order valence-corrected chi connectivity index (χ3v) is 0. The molecule has 5 heteroatoms. The van der Waals surface area contributed by atoms with E-state index >= 15 is 0 Å². The number of hydrogen-bond donors (Lipinski definition) is 1. The first kappa shape index (κ1) is 11.8. The quantitative estimate of drug-likeness (QED) is 0.464. The van der Waals surface area contributed by atoms with E-state index in [1.807, 2.05) is 0 Å². The third kappa shape index (κ3) is 235. The van der Waals surface area contributed by atoms with Crippen molar-refractivity contribution < 1.29 is 5.11 Å². The molecule has 0 aromatic heterocycles. The zero-order chi connectivity index (χ0) is 7.21. The van der Waals surface area contributed by atoms with Gasteiger partial charge in [0.05, 0.1) is 0 Å². The van der Waals surface area contributed by atoms with Crippen LogP contribution in [0.4, 0.5) is 0 Å². The Morgan fingerprint density at radius 2 is 1.38 bits per heavy atom. The van der Waals surface area contributed by atoms with Crippen LogP contribution in [-0.2, 0) is 0 Å². The van der Waals surface area contributed by atoms with E-state index in [0.717, 1.165) is 0 Å². The summed E-state index contributed by atoms with van der Waals surface area (Å²) in [5, 5.41) is 7.57. The van der Waals surface area contributed by atoms with Crippen molar-refractivity contribution in [2.24, 2.45) is 0 Å². The normalized spacial score (nSPS) is 9.75. The van der Waals surface area contributed by atoms with Crippen LogP contribution in [0.15, 0.2) is 0 Å². The minimum absolute atomic E-state index is 0.250. The highest BCUT2D eigenvalue weighted by Crippen LogP contribution is 2.17. The van der Waals surface area contributed by atoms with Crippen molar-refractivity contribution in [3.8, 4) is 0 Å². The van der Waals surface area contributed by atoms with Gasteiger partial charge in [-0.2, -0.15) is 0 Å². The summed E-state index contributed by atoms with van der Waals surface area (Å²) in [5.74, 6) is 0. The van der Waals surface area contributed by atoms with Crippen molar-refractivity contribution in [1.29, 1.82) is 0 Å². The molecule has 52 valence electrons. The molecular formula is C3H9Cl3OSi. The molecule has 0 aromatic carbocycles. The van der Waals surface area contributed by atoms with Gasteiger partial charge in [0.15, 0.2) is 0 Å². The predicted octanol–water partition coefficient (Wildman–Crippen LogP) is 2.27. The maximum atomic E-state index is 7.57. The summed E-state index contributed by atoms with van der Waals surface area (Å²) in [6, 6.07) is -2.19. The molecule has 0 aliphatic rings. The molecular weight excluding hydrogens is 186 g/mol. The maximum absolute atomic E-state index is 7.57. The van der Waals surface area contributed by atoms with Gasteiger partial charge in [-0.15, -0.1) is 33.2 Å². The summed E-state index contributed by atoms with van der Waals surface area (Å²) in [6.07, 6.45) is 0. The lowest BCUT2D eigenvalue weighted by atomic mass is 10.9. The van der Waals surface area contributed by atoms with Crippen LogP contribution in [0.5, 0.6) is 0 Å². The van der Waals surface area contributed by atoms with Gasteiger partial charge in [-0.1, -0.05) is 0 Å². The fraction of sp³-hybridized carbons (Fsp3) is 1.00. The van der Waals surface area contributed by atoms with Crippen LogP contribution < -0.4 is 0 Å². The lowest BCUT2D eigenvalue weighted by Crippen LogP contribution is -1.97. The number of hydrogen-bond acceptors (Lipinski definition) is 1. The molecule has 0 amide bonds. The topological polar surface area (TPSA) is 20.2 Å². The average Bonchev–Trinajstić information content (AvgIpc) is 1.27. The monoisotopic (exact) mass is 194 g/mol. The van der Waals surface area contributed by atoms with Crippen molar-refractivity contribution in [2.45, 2.75) is 13.5 Å². The first-order valence-electron chi connectivity index (χ1n) is 2.09. The number of rotatable bonds is 0. The zero-order valence-corrected chi connectivity index (χ0v) is 8.06. The Hall–Kier alpha value is 1.05. The molecule has 0 spiro atoms. The highest BCUT2D eigenvalue weighted by atomic mass is 35.8. The van der Waals surface area contributed by atoms with Gasteiger partial charge < -0.3 is 5.11 Å². The minimum Gasteiger partial charge on any atom is -0.397 e. The molecule has 1 nitrogen and oxygen atoms in total. The van der Waals surface area contributed by atoms with E-state index in [0.29, 0.717) is 0 Å². The van der Waals surface area contributed by atoms with Gasteiger partial charge in [0, 0.05) is 6.61 Å². The van der Waals surface area contributed by atoms with E-state index in [2.05, 4.69) is 0 Å². The molecule has 0 unspecified atom stereocenters. The summed E-state index contributed by atoms with van der Waals surface area (Å²) in [5.41, 5.74) is 0. The predicted molar refractivity (Wildman–Crippen MR) is 41.9 cm³/mol. The summed E-state index contributed by atoms with van der Waals surface area (Å²) < 4.78 is 0. The maximum Gasteiger partial charge on any atom is 0.338 e. The molecule has 0 fully saturated rings. The van der Waals surface area contributed by atoms with Gasteiger partial charge in [0.2, 0.25) is 0 Å². The molecule has 0 heterocycles. The smallest absolute Gasteiger partial charge is 0.338 e. The zero-order valence-electron chi connectivity index (χ0n) is 4.79. The standard InChI is InChI=1S/C2H6O.CH3Cl3Si/c1-2-3;1-5(2,3)4/h3H,2H2,1H3;1H3. The van der Waals surface area contributed by atoms with Gasteiger partial charge in [-0.05, 0) is 13.5 Å². The average molecular weight is 196 g/mol.